The van der Waals surface area contributed by atoms with E-state index in [0.29, 0.717) is 37.7 Å². The number of carbonyl (C=O) groups is 1. The van der Waals surface area contributed by atoms with Gasteiger partial charge in [-0.2, -0.15) is 0 Å². The van der Waals surface area contributed by atoms with Gasteiger partial charge in [0.05, 0.1) is 18.1 Å². The van der Waals surface area contributed by atoms with Gasteiger partial charge in [0.2, 0.25) is 5.91 Å². The second-order valence-electron chi connectivity index (χ2n) is 6.26. The number of hydrogen-bond acceptors (Lipinski definition) is 5. The summed E-state index contributed by atoms with van der Waals surface area (Å²) < 4.78 is 5.27. The Morgan fingerprint density at radius 3 is 2.50 bits per heavy atom. The Morgan fingerprint density at radius 2 is 1.95 bits per heavy atom. The molecule has 0 atom stereocenters. The van der Waals surface area contributed by atoms with Crippen LogP contribution >= 0.6 is 0 Å². The minimum absolute atomic E-state index is 0.00592. The van der Waals surface area contributed by atoms with E-state index in [2.05, 4.69) is 5.32 Å². The van der Waals surface area contributed by atoms with Crippen LogP contribution in [0.15, 0.2) is 18.2 Å². The van der Waals surface area contributed by atoms with Crippen molar-refractivity contribution in [1.82, 2.24) is 0 Å². The van der Waals surface area contributed by atoms with Crippen molar-refractivity contribution < 1.29 is 14.5 Å². The van der Waals surface area contributed by atoms with Crippen LogP contribution in [-0.4, -0.2) is 37.1 Å². The van der Waals surface area contributed by atoms with E-state index in [0.717, 1.165) is 0 Å². The normalized spacial score (nSPS) is 15.5. The fraction of sp³-hybridized carbons (Fsp3) is 0.533. The SMILES string of the molecule is CC(C)(C)C(=O)Nc1ccc(N2CCOCC2)c([N+](=O)[O-])c1. The standard InChI is InChI=1S/C15H21N3O4/c1-15(2,3)14(19)16-11-4-5-12(13(10-11)18(20)21)17-6-8-22-9-7-17/h4-5,10H,6-9H2,1-3H3,(H,16,19). The number of carbonyl (C=O) groups excluding carboxylic acids is 1. The molecule has 22 heavy (non-hydrogen) atoms. The zero-order valence-corrected chi connectivity index (χ0v) is 13.1. The zero-order valence-electron chi connectivity index (χ0n) is 13.1. The van der Waals surface area contributed by atoms with Crippen molar-refractivity contribution >= 4 is 23.0 Å². The third-order valence-electron chi connectivity index (χ3n) is 3.46. The van der Waals surface area contributed by atoms with Gasteiger partial charge in [-0.25, -0.2) is 0 Å². The Morgan fingerprint density at radius 1 is 1.32 bits per heavy atom. The maximum absolute atomic E-state index is 12.0. The minimum atomic E-state index is -0.558. The largest absolute Gasteiger partial charge is 0.378 e. The molecule has 1 N–H and O–H groups in total. The maximum atomic E-state index is 12.0. The number of nitrogens with zero attached hydrogens (tertiary/aromatic N) is 2. The summed E-state index contributed by atoms with van der Waals surface area (Å²) in [5.74, 6) is -0.180. The van der Waals surface area contributed by atoms with Crippen LogP contribution in [0, 0.1) is 15.5 Å². The molecular formula is C15H21N3O4. The first kappa shape index (κ1) is 16.2. The molecule has 2 rings (SSSR count). The summed E-state index contributed by atoms with van der Waals surface area (Å²) in [6.45, 7) is 7.72. The van der Waals surface area contributed by atoms with Crippen molar-refractivity contribution in [1.29, 1.82) is 0 Å². The molecule has 7 heteroatoms. The first-order valence-electron chi connectivity index (χ1n) is 7.21. The van der Waals surface area contributed by atoms with E-state index in [9.17, 15) is 14.9 Å². The van der Waals surface area contributed by atoms with E-state index in [1.54, 1.807) is 32.9 Å². The van der Waals surface area contributed by atoms with Gasteiger partial charge in [-0.1, -0.05) is 20.8 Å². The third kappa shape index (κ3) is 3.73. The quantitative estimate of drug-likeness (QED) is 0.684. The van der Waals surface area contributed by atoms with E-state index < -0.39 is 10.3 Å². The lowest BCUT2D eigenvalue weighted by molar-refractivity contribution is -0.384. The van der Waals surface area contributed by atoms with Crippen LogP contribution in [0.1, 0.15) is 20.8 Å². The van der Waals surface area contributed by atoms with E-state index in [1.807, 2.05) is 4.90 Å². The molecule has 0 aliphatic carbocycles. The number of anilines is 2. The first-order chi connectivity index (χ1) is 10.3. The van der Waals surface area contributed by atoms with Crippen molar-refractivity contribution in [2.24, 2.45) is 5.41 Å². The van der Waals surface area contributed by atoms with E-state index >= 15 is 0 Å². The third-order valence-corrected chi connectivity index (χ3v) is 3.46. The number of morpholine rings is 1. The highest BCUT2D eigenvalue weighted by Crippen LogP contribution is 2.32. The van der Waals surface area contributed by atoms with Gasteiger partial charge in [0, 0.05) is 30.3 Å². The summed E-state index contributed by atoms with van der Waals surface area (Å²) in [7, 11) is 0. The molecule has 1 aromatic rings. The van der Waals surface area contributed by atoms with Gasteiger partial charge in [-0.05, 0) is 12.1 Å². The predicted octanol–water partition coefficient (Wildman–Crippen LogP) is 2.42. The Hall–Kier alpha value is -2.15. The maximum Gasteiger partial charge on any atom is 0.294 e. The summed E-state index contributed by atoms with van der Waals surface area (Å²) >= 11 is 0. The highest BCUT2D eigenvalue weighted by atomic mass is 16.6. The Kier molecular flexibility index (Phi) is 4.65. The molecule has 1 heterocycles. The van der Waals surface area contributed by atoms with Crippen molar-refractivity contribution in [3.8, 4) is 0 Å². The summed E-state index contributed by atoms with van der Waals surface area (Å²) in [5.41, 5.74) is 0.428. The van der Waals surface area contributed by atoms with Crippen molar-refractivity contribution in [2.45, 2.75) is 20.8 Å². The van der Waals surface area contributed by atoms with Gasteiger partial charge in [0.1, 0.15) is 5.69 Å². The molecule has 0 bridgehead atoms. The lowest BCUT2D eigenvalue weighted by Crippen LogP contribution is -2.36. The molecule has 1 aromatic carbocycles. The molecule has 0 unspecified atom stereocenters. The molecule has 1 aliphatic rings. The summed E-state index contributed by atoms with van der Waals surface area (Å²) in [6, 6.07) is 4.79. The Labute approximate surface area is 129 Å². The molecule has 120 valence electrons. The number of benzene rings is 1. The number of nitrogens with one attached hydrogen (secondary N) is 1. The van der Waals surface area contributed by atoms with Crippen molar-refractivity contribution in [2.75, 3.05) is 36.5 Å². The van der Waals surface area contributed by atoms with E-state index in [1.165, 1.54) is 6.07 Å². The van der Waals surface area contributed by atoms with Gasteiger partial charge in [-0.15, -0.1) is 0 Å². The number of amides is 1. The molecule has 1 amide bonds. The number of nitro benzene ring substituents is 1. The van der Waals surface area contributed by atoms with Crippen LogP contribution < -0.4 is 10.2 Å². The van der Waals surface area contributed by atoms with Crippen LogP contribution in [0.4, 0.5) is 17.1 Å². The van der Waals surface area contributed by atoms with Gasteiger partial charge >= 0.3 is 0 Å². The fourth-order valence-electron chi connectivity index (χ4n) is 2.14. The molecule has 0 aromatic heterocycles. The second kappa shape index (κ2) is 6.31. The Bertz CT molecular complexity index is 575. The van der Waals surface area contributed by atoms with Gasteiger partial charge in [-0.3, -0.25) is 14.9 Å². The average Bonchev–Trinajstić information content (AvgIpc) is 2.47. The highest BCUT2D eigenvalue weighted by Gasteiger charge is 2.24. The average molecular weight is 307 g/mol. The fourth-order valence-corrected chi connectivity index (χ4v) is 2.14. The molecule has 1 saturated heterocycles. The van der Waals surface area contributed by atoms with Crippen molar-refractivity contribution in [3.63, 3.8) is 0 Å². The van der Waals surface area contributed by atoms with Crippen LogP contribution in [-0.2, 0) is 9.53 Å². The molecule has 7 nitrogen and oxygen atoms in total. The van der Waals surface area contributed by atoms with Gasteiger partial charge in [0.25, 0.3) is 5.69 Å². The molecule has 0 spiro atoms. The van der Waals surface area contributed by atoms with Crippen LogP contribution in [0.3, 0.4) is 0 Å². The van der Waals surface area contributed by atoms with Crippen molar-refractivity contribution in [3.05, 3.63) is 28.3 Å². The summed E-state index contributed by atoms with van der Waals surface area (Å²) in [5, 5.41) is 14.1. The number of ether oxygens (including phenoxy) is 1. The number of nitro groups is 1. The highest BCUT2D eigenvalue weighted by molar-refractivity contribution is 5.95. The molecular weight excluding hydrogens is 286 g/mol. The van der Waals surface area contributed by atoms with Crippen LogP contribution in [0.25, 0.3) is 0 Å². The molecule has 1 fully saturated rings. The summed E-state index contributed by atoms with van der Waals surface area (Å²) in [4.78, 5) is 24.8. The van der Waals surface area contributed by atoms with Crippen LogP contribution in [0.2, 0.25) is 0 Å². The minimum Gasteiger partial charge on any atom is -0.378 e. The molecule has 1 aliphatic heterocycles. The Balaban J connectivity index is 2.27. The topological polar surface area (TPSA) is 84.7 Å². The molecule has 0 saturated carbocycles. The monoisotopic (exact) mass is 307 g/mol. The lowest BCUT2D eigenvalue weighted by atomic mass is 9.95. The second-order valence-corrected chi connectivity index (χ2v) is 6.26. The van der Waals surface area contributed by atoms with Gasteiger partial charge < -0.3 is 15.0 Å². The smallest absolute Gasteiger partial charge is 0.294 e. The van der Waals surface area contributed by atoms with Gasteiger partial charge in [0.15, 0.2) is 0 Å². The zero-order chi connectivity index (χ0) is 16.3. The lowest BCUT2D eigenvalue weighted by Gasteiger charge is -2.28. The van der Waals surface area contributed by atoms with Crippen LogP contribution in [0.5, 0.6) is 0 Å². The van der Waals surface area contributed by atoms with E-state index in [-0.39, 0.29) is 11.6 Å². The molecule has 0 radical (unpaired) electrons. The number of rotatable bonds is 3. The summed E-state index contributed by atoms with van der Waals surface area (Å²) in [6.07, 6.45) is 0. The number of hydrogen-bond donors (Lipinski definition) is 1. The predicted molar refractivity (Wildman–Crippen MR) is 84.2 cm³/mol. The first-order valence-corrected chi connectivity index (χ1v) is 7.21. The van der Waals surface area contributed by atoms with E-state index in [4.69, 9.17) is 4.74 Å².